The van der Waals surface area contributed by atoms with E-state index in [1.54, 1.807) is 7.11 Å². The van der Waals surface area contributed by atoms with Crippen LogP contribution < -0.4 is 20.1 Å². The maximum absolute atomic E-state index is 12.1. The van der Waals surface area contributed by atoms with E-state index in [-0.39, 0.29) is 18.1 Å². The first-order valence-electron chi connectivity index (χ1n) is 10.2. The number of carbonyl (C=O) groups is 1. The van der Waals surface area contributed by atoms with Crippen LogP contribution in [-0.4, -0.2) is 31.7 Å². The summed E-state index contributed by atoms with van der Waals surface area (Å²) >= 11 is 0. The summed E-state index contributed by atoms with van der Waals surface area (Å²) < 4.78 is 11.2. The van der Waals surface area contributed by atoms with Gasteiger partial charge < -0.3 is 20.1 Å². The van der Waals surface area contributed by atoms with Gasteiger partial charge in [0, 0.05) is 17.6 Å². The van der Waals surface area contributed by atoms with E-state index < -0.39 is 0 Å². The summed E-state index contributed by atoms with van der Waals surface area (Å²) in [4.78, 5) is 12.1. The highest BCUT2D eigenvalue weighted by molar-refractivity contribution is 5.78. The molecule has 0 saturated heterocycles. The van der Waals surface area contributed by atoms with Gasteiger partial charge in [-0.3, -0.25) is 4.79 Å². The number of para-hydroxylation sites is 1. The van der Waals surface area contributed by atoms with Crippen LogP contribution in [0.15, 0.2) is 18.2 Å². The molecule has 0 saturated carbocycles. The third kappa shape index (κ3) is 10.2. The number of rotatable bonds is 13. The number of hydrogen-bond donors (Lipinski definition) is 2. The molecule has 2 N–H and O–H groups in total. The topological polar surface area (TPSA) is 59.6 Å². The molecule has 0 aliphatic carbocycles. The van der Waals surface area contributed by atoms with Gasteiger partial charge in [-0.25, -0.2) is 0 Å². The molecule has 5 nitrogen and oxygen atoms in total. The summed E-state index contributed by atoms with van der Waals surface area (Å²) in [6, 6.07) is 5.81. The Morgan fingerprint density at radius 1 is 1.07 bits per heavy atom. The fourth-order valence-corrected chi connectivity index (χ4v) is 2.87. The third-order valence-corrected chi connectivity index (χ3v) is 4.16. The van der Waals surface area contributed by atoms with Crippen molar-refractivity contribution < 1.29 is 14.3 Å². The number of methoxy groups -OCH3 is 1. The Labute approximate surface area is 165 Å². The first-order chi connectivity index (χ1) is 12.9. The van der Waals surface area contributed by atoms with Gasteiger partial charge in [0.05, 0.1) is 7.11 Å². The molecule has 0 aliphatic rings. The van der Waals surface area contributed by atoms with Crippen molar-refractivity contribution in [1.82, 2.24) is 10.6 Å². The van der Waals surface area contributed by atoms with Crippen LogP contribution in [0.4, 0.5) is 0 Å². The van der Waals surface area contributed by atoms with Crippen molar-refractivity contribution in [1.29, 1.82) is 0 Å². The van der Waals surface area contributed by atoms with E-state index in [1.165, 1.54) is 38.5 Å². The Kier molecular flexibility index (Phi) is 10.9. The van der Waals surface area contributed by atoms with Gasteiger partial charge in [0.1, 0.15) is 0 Å². The van der Waals surface area contributed by atoms with E-state index in [0.717, 1.165) is 12.1 Å². The van der Waals surface area contributed by atoms with E-state index in [2.05, 4.69) is 17.6 Å². The van der Waals surface area contributed by atoms with E-state index in [4.69, 9.17) is 9.47 Å². The summed E-state index contributed by atoms with van der Waals surface area (Å²) in [5, 5.41) is 6.38. The second kappa shape index (κ2) is 12.6. The van der Waals surface area contributed by atoms with Crippen molar-refractivity contribution >= 4 is 5.91 Å². The number of unbranched alkanes of at least 4 members (excludes halogenated alkanes) is 5. The predicted molar refractivity (Wildman–Crippen MR) is 111 cm³/mol. The molecular formula is C22H38N2O3. The lowest BCUT2D eigenvalue weighted by Gasteiger charge is -2.21. The van der Waals surface area contributed by atoms with Gasteiger partial charge in [-0.05, 0) is 39.8 Å². The van der Waals surface area contributed by atoms with Crippen molar-refractivity contribution in [2.24, 2.45) is 0 Å². The van der Waals surface area contributed by atoms with Gasteiger partial charge in [-0.1, -0.05) is 51.2 Å². The van der Waals surface area contributed by atoms with Crippen molar-refractivity contribution in [3.8, 4) is 11.5 Å². The SMILES string of the molecule is CCCCCCCCNCc1cccc(OC)c1OCC(=O)NC(C)(C)C. The second-order valence-electron chi connectivity index (χ2n) is 7.98. The first kappa shape index (κ1) is 23.3. The molecule has 5 heteroatoms. The Hall–Kier alpha value is -1.75. The largest absolute Gasteiger partial charge is 0.493 e. The lowest BCUT2D eigenvalue weighted by Crippen LogP contribution is -2.43. The minimum Gasteiger partial charge on any atom is -0.493 e. The summed E-state index contributed by atoms with van der Waals surface area (Å²) in [7, 11) is 1.62. The third-order valence-electron chi connectivity index (χ3n) is 4.16. The van der Waals surface area contributed by atoms with Gasteiger partial charge in [0.2, 0.25) is 0 Å². The normalized spacial score (nSPS) is 11.3. The van der Waals surface area contributed by atoms with Crippen molar-refractivity contribution in [2.75, 3.05) is 20.3 Å². The van der Waals surface area contributed by atoms with Crippen molar-refractivity contribution in [3.05, 3.63) is 23.8 Å². The van der Waals surface area contributed by atoms with Gasteiger partial charge in [0.15, 0.2) is 18.1 Å². The summed E-state index contributed by atoms with van der Waals surface area (Å²) in [6.45, 7) is 9.74. The molecule has 0 fully saturated rings. The molecule has 154 valence electrons. The number of ether oxygens (including phenoxy) is 2. The van der Waals surface area contributed by atoms with E-state index in [9.17, 15) is 4.79 Å². The molecule has 1 aromatic carbocycles. The van der Waals surface area contributed by atoms with Gasteiger partial charge in [-0.2, -0.15) is 0 Å². The molecule has 0 spiro atoms. The molecule has 27 heavy (non-hydrogen) atoms. The maximum atomic E-state index is 12.1. The van der Waals surface area contributed by atoms with Crippen molar-refractivity contribution in [2.45, 2.75) is 78.3 Å². The highest BCUT2D eigenvalue weighted by atomic mass is 16.5. The number of benzene rings is 1. The van der Waals surface area contributed by atoms with Crippen LogP contribution in [0.25, 0.3) is 0 Å². The lowest BCUT2D eigenvalue weighted by atomic mass is 10.1. The zero-order valence-electron chi connectivity index (χ0n) is 17.8. The lowest BCUT2D eigenvalue weighted by molar-refractivity contribution is -0.124. The minimum absolute atomic E-state index is 0.0257. The zero-order valence-corrected chi connectivity index (χ0v) is 17.8. The fourth-order valence-electron chi connectivity index (χ4n) is 2.87. The molecule has 0 radical (unpaired) electrons. The highest BCUT2D eigenvalue weighted by Crippen LogP contribution is 2.31. The molecular weight excluding hydrogens is 340 g/mol. The average molecular weight is 379 g/mol. The van der Waals surface area contributed by atoms with Crippen LogP contribution in [0.3, 0.4) is 0 Å². The Morgan fingerprint density at radius 3 is 2.44 bits per heavy atom. The Balaban J connectivity index is 2.51. The van der Waals surface area contributed by atoms with E-state index >= 15 is 0 Å². The van der Waals surface area contributed by atoms with Crippen LogP contribution in [0.5, 0.6) is 11.5 Å². The maximum Gasteiger partial charge on any atom is 0.258 e. The molecule has 0 atom stereocenters. The highest BCUT2D eigenvalue weighted by Gasteiger charge is 2.16. The van der Waals surface area contributed by atoms with Crippen LogP contribution >= 0.6 is 0 Å². The first-order valence-corrected chi connectivity index (χ1v) is 10.2. The van der Waals surface area contributed by atoms with Crippen LogP contribution in [0, 0.1) is 0 Å². The Bertz CT molecular complexity index is 553. The molecule has 0 unspecified atom stereocenters. The number of nitrogens with one attached hydrogen (secondary N) is 2. The molecule has 0 bridgehead atoms. The predicted octanol–water partition coefficient (Wildman–Crippen LogP) is 4.44. The molecule has 1 amide bonds. The molecule has 0 aromatic heterocycles. The summed E-state index contributed by atoms with van der Waals surface area (Å²) in [5.74, 6) is 1.15. The molecule has 0 heterocycles. The smallest absolute Gasteiger partial charge is 0.258 e. The summed E-state index contributed by atoms with van der Waals surface area (Å²) in [5.41, 5.74) is 0.729. The van der Waals surface area contributed by atoms with Gasteiger partial charge in [-0.15, -0.1) is 0 Å². The molecule has 1 rings (SSSR count). The van der Waals surface area contributed by atoms with E-state index in [1.807, 2.05) is 39.0 Å². The van der Waals surface area contributed by atoms with Crippen LogP contribution in [-0.2, 0) is 11.3 Å². The number of carbonyl (C=O) groups excluding carboxylic acids is 1. The monoisotopic (exact) mass is 378 g/mol. The number of hydrogen-bond acceptors (Lipinski definition) is 4. The zero-order chi connectivity index (χ0) is 20.1. The molecule has 0 aliphatic heterocycles. The average Bonchev–Trinajstić information content (AvgIpc) is 2.61. The standard InChI is InChI=1S/C22H38N2O3/c1-6-7-8-9-10-11-15-23-16-18-13-12-14-19(26-5)21(18)27-17-20(25)24-22(2,3)4/h12-14,23H,6-11,15-17H2,1-5H3,(H,24,25). The van der Waals surface area contributed by atoms with Crippen molar-refractivity contribution in [3.63, 3.8) is 0 Å². The quantitative estimate of drug-likeness (QED) is 0.498. The van der Waals surface area contributed by atoms with Gasteiger partial charge >= 0.3 is 0 Å². The minimum atomic E-state index is -0.275. The van der Waals surface area contributed by atoms with Crippen LogP contribution in [0.2, 0.25) is 0 Å². The van der Waals surface area contributed by atoms with Crippen LogP contribution in [0.1, 0.15) is 71.8 Å². The van der Waals surface area contributed by atoms with E-state index in [0.29, 0.717) is 18.0 Å². The summed E-state index contributed by atoms with van der Waals surface area (Å²) in [6.07, 6.45) is 7.71. The number of amides is 1. The van der Waals surface area contributed by atoms with Gasteiger partial charge in [0.25, 0.3) is 5.91 Å². The molecule has 1 aromatic rings. The second-order valence-corrected chi connectivity index (χ2v) is 7.98. The fraction of sp³-hybridized carbons (Fsp3) is 0.682. The Morgan fingerprint density at radius 2 is 1.78 bits per heavy atom.